The fourth-order valence-corrected chi connectivity index (χ4v) is 1.49. The molecule has 62 valence electrons. The lowest BCUT2D eigenvalue weighted by molar-refractivity contribution is 0.0928. The first-order valence-electron chi connectivity index (χ1n) is 4.10. The number of nitrogens with one attached hydrogen (secondary N) is 1. The minimum atomic E-state index is -0.401. The standard InChI is InChI=1S/C8H14N2O/c9-4-1-8(11)7-2-5-10-6-3-7/h7-8,10-11H,1-3,5-6H2. The quantitative estimate of drug-likeness (QED) is 0.600. The van der Waals surface area contributed by atoms with Gasteiger partial charge in [0.15, 0.2) is 0 Å². The molecule has 3 heteroatoms. The van der Waals surface area contributed by atoms with Gasteiger partial charge in [0.05, 0.1) is 18.6 Å². The van der Waals surface area contributed by atoms with Crippen molar-refractivity contribution in [2.24, 2.45) is 5.92 Å². The zero-order valence-corrected chi connectivity index (χ0v) is 6.58. The molecule has 0 radical (unpaired) electrons. The van der Waals surface area contributed by atoms with Crippen LogP contribution in [0.25, 0.3) is 0 Å². The number of aliphatic hydroxyl groups is 1. The van der Waals surface area contributed by atoms with Crippen LogP contribution in [0.5, 0.6) is 0 Å². The molecule has 1 saturated heterocycles. The van der Waals surface area contributed by atoms with E-state index in [9.17, 15) is 5.11 Å². The van der Waals surface area contributed by atoms with Crippen LogP contribution in [0.4, 0.5) is 0 Å². The summed E-state index contributed by atoms with van der Waals surface area (Å²) in [4.78, 5) is 0. The SMILES string of the molecule is N#CCC(O)C1CCNCC1. The third kappa shape index (κ3) is 2.49. The van der Waals surface area contributed by atoms with Crippen molar-refractivity contribution in [1.82, 2.24) is 5.32 Å². The molecule has 1 aliphatic heterocycles. The Labute approximate surface area is 67.0 Å². The molecule has 0 amide bonds. The third-order valence-corrected chi connectivity index (χ3v) is 2.23. The summed E-state index contributed by atoms with van der Waals surface area (Å²) in [6.07, 6.45) is 1.89. The van der Waals surface area contributed by atoms with Gasteiger partial charge in [0.25, 0.3) is 0 Å². The lowest BCUT2D eigenvalue weighted by Gasteiger charge is -2.25. The van der Waals surface area contributed by atoms with E-state index in [1.54, 1.807) is 0 Å². The number of piperidine rings is 1. The van der Waals surface area contributed by atoms with Crippen molar-refractivity contribution in [2.45, 2.75) is 25.4 Å². The van der Waals surface area contributed by atoms with E-state index in [1.807, 2.05) is 6.07 Å². The van der Waals surface area contributed by atoms with Crippen LogP contribution >= 0.6 is 0 Å². The first kappa shape index (κ1) is 8.51. The van der Waals surface area contributed by atoms with E-state index in [-0.39, 0.29) is 6.42 Å². The Morgan fingerprint density at radius 1 is 1.55 bits per heavy atom. The zero-order valence-electron chi connectivity index (χ0n) is 6.58. The second kappa shape index (κ2) is 4.32. The van der Waals surface area contributed by atoms with Crippen LogP contribution in [-0.4, -0.2) is 24.3 Å². The summed E-state index contributed by atoms with van der Waals surface area (Å²) in [6.45, 7) is 1.96. The third-order valence-electron chi connectivity index (χ3n) is 2.23. The lowest BCUT2D eigenvalue weighted by atomic mass is 9.91. The van der Waals surface area contributed by atoms with Gasteiger partial charge >= 0.3 is 0 Å². The van der Waals surface area contributed by atoms with Crippen LogP contribution in [-0.2, 0) is 0 Å². The summed E-state index contributed by atoms with van der Waals surface area (Å²) in [5, 5.41) is 21.0. The average molecular weight is 154 g/mol. The highest BCUT2D eigenvalue weighted by atomic mass is 16.3. The van der Waals surface area contributed by atoms with E-state index in [2.05, 4.69) is 5.32 Å². The summed E-state index contributed by atoms with van der Waals surface area (Å²) in [7, 11) is 0. The first-order valence-corrected chi connectivity index (χ1v) is 4.10. The van der Waals surface area contributed by atoms with Gasteiger partial charge in [-0.1, -0.05) is 0 Å². The molecule has 0 aromatic carbocycles. The van der Waals surface area contributed by atoms with Gasteiger partial charge in [-0.15, -0.1) is 0 Å². The maximum Gasteiger partial charge on any atom is 0.0699 e. The van der Waals surface area contributed by atoms with Crippen LogP contribution < -0.4 is 5.32 Å². The highest BCUT2D eigenvalue weighted by Gasteiger charge is 2.20. The van der Waals surface area contributed by atoms with E-state index in [0.29, 0.717) is 5.92 Å². The Kier molecular flexibility index (Phi) is 3.34. The van der Waals surface area contributed by atoms with Gasteiger partial charge < -0.3 is 10.4 Å². The molecular formula is C8H14N2O. The summed E-state index contributed by atoms with van der Waals surface area (Å²) < 4.78 is 0. The molecule has 1 heterocycles. The van der Waals surface area contributed by atoms with E-state index >= 15 is 0 Å². The molecule has 0 saturated carbocycles. The number of nitriles is 1. The topological polar surface area (TPSA) is 56.0 Å². The van der Waals surface area contributed by atoms with Crippen molar-refractivity contribution in [3.05, 3.63) is 0 Å². The Balaban J connectivity index is 2.27. The largest absolute Gasteiger partial charge is 0.392 e. The van der Waals surface area contributed by atoms with E-state index in [1.165, 1.54) is 0 Å². The fourth-order valence-electron chi connectivity index (χ4n) is 1.49. The van der Waals surface area contributed by atoms with Crippen LogP contribution in [0, 0.1) is 17.2 Å². The Bertz CT molecular complexity index is 147. The van der Waals surface area contributed by atoms with Gasteiger partial charge in [-0.3, -0.25) is 0 Å². The first-order chi connectivity index (χ1) is 5.34. The Morgan fingerprint density at radius 3 is 2.73 bits per heavy atom. The molecule has 3 nitrogen and oxygen atoms in total. The summed E-state index contributed by atoms with van der Waals surface area (Å²) in [5.41, 5.74) is 0. The second-order valence-corrected chi connectivity index (χ2v) is 3.02. The van der Waals surface area contributed by atoms with Crippen molar-refractivity contribution < 1.29 is 5.11 Å². The monoisotopic (exact) mass is 154 g/mol. The predicted octanol–water partition coefficient (Wildman–Crippen LogP) is 0.261. The lowest BCUT2D eigenvalue weighted by Crippen LogP contribution is -2.33. The molecule has 11 heavy (non-hydrogen) atoms. The summed E-state index contributed by atoms with van der Waals surface area (Å²) >= 11 is 0. The molecule has 1 fully saturated rings. The summed E-state index contributed by atoms with van der Waals surface area (Å²) in [5.74, 6) is 0.343. The highest BCUT2D eigenvalue weighted by Crippen LogP contribution is 2.17. The van der Waals surface area contributed by atoms with Crippen LogP contribution in [0.15, 0.2) is 0 Å². The van der Waals surface area contributed by atoms with Gasteiger partial charge in [-0.2, -0.15) is 5.26 Å². The van der Waals surface area contributed by atoms with Gasteiger partial charge in [0.1, 0.15) is 0 Å². The normalized spacial score (nSPS) is 22.5. The molecule has 1 rings (SSSR count). The second-order valence-electron chi connectivity index (χ2n) is 3.02. The fraction of sp³-hybridized carbons (Fsp3) is 0.875. The highest BCUT2D eigenvalue weighted by molar-refractivity contribution is 4.82. The van der Waals surface area contributed by atoms with Gasteiger partial charge in [0.2, 0.25) is 0 Å². The van der Waals surface area contributed by atoms with Crippen LogP contribution in [0.2, 0.25) is 0 Å². The number of aliphatic hydroxyl groups excluding tert-OH is 1. The van der Waals surface area contributed by atoms with Crippen LogP contribution in [0.1, 0.15) is 19.3 Å². The number of nitrogens with zero attached hydrogens (tertiary/aromatic N) is 1. The molecule has 0 aromatic heterocycles. The molecule has 1 atom stereocenters. The average Bonchev–Trinajstić information content (AvgIpc) is 2.07. The van der Waals surface area contributed by atoms with Gasteiger partial charge in [-0.25, -0.2) is 0 Å². The predicted molar refractivity (Wildman–Crippen MR) is 41.8 cm³/mol. The number of hydrogen-bond donors (Lipinski definition) is 2. The number of rotatable bonds is 2. The molecule has 0 aliphatic carbocycles. The van der Waals surface area contributed by atoms with E-state index in [0.717, 1.165) is 25.9 Å². The molecule has 0 aromatic rings. The number of hydrogen-bond acceptors (Lipinski definition) is 3. The molecule has 0 spiro atoms. The van der Waals surface area contributed by atoms with Crippen LogP contribution in [0.3, 0.4) is 0 Å². The minimum absolute atomic E-state index is 0.282. The maximum atomic E-state index is 9.42. The molecule has 0 bridgehead atoms. The van der Waals surface area contributed by atoms with Gasteiger partial charge in [-0.05, 0) is 31.8 Å². The zero-order chi connectivity index (χ0) is 8.10. The van der Waals surface area contributed by atoms with Crippen molar-refractivity contribution >= 4 is 0 Å². The van der Waals surface area contributed by atoms with Crippen molar-refractivity contribution in [3.63, 3.8) is 0 Å². The molecule has 2 N–H and O–H groups in total. The molecular weight excluding hydrogens is 140 g/mol. The molecule has 1 unspecified atom stereocenters. The van der Waals surface area contributed by atoms with E-state index in [4.69, 9.17) is 5.26 Å². The van der Waals surface area contributed by atoms with E-state index < -0.39 is 6.10 Å². The minimum Gasteiger partial charge on any atom is -0.392 e. The smallest absolute Gasteiger partial charge is 0.0699 e. The Morgan fingerprint density at radius 2 is 2.18 bits per heavy atom. The Hall–Kier alpha value is -0.590. The maximum absolute atomic E-state index is 9.42. The van der Waals surface area contributed by atoms with Crippen molar-refractivity contribution in [1.29, 1.82) is 5.26 Å². The molecule has 1 aliphatic rings. The van der Waals surface area contributed by atoms with Crippen molar-refractivity contribution in [2.75, 3.05) is 13.1 Å². The summed E-state index contributed by atoms with van der Waals surface area (Å²) in [6, 6.07) is 1.99. The van der Waals surface area contributed by atoms with Crippen molar-refractivity contribution in [3.8, 4) is 6.07 Å². The van der Waals surface area contributed by atoms with Gasteiger partial charge in [0, 0.05) is 0 Å².